The molecule has 0 aromatic heterocycles. The van der Waals surface area contributed by atoms with Gasteiger partial charge in [-0.15, -0.1) is 0 Å². The second-order valence-electron chi connectivity index (χ2n) is 5.15. The third kappa shape index (κ3) is 3.43. The predicted molar refractivity (Wildman–Crippen MR) is 76.0 cm³/mol. The Kier molecular flexibility index (Phi) is 4.55. The summed E-state index contributed by atoms with van der Waals surface area (Å²) in [5, 5.41) is 0. The minimum absolute atomic E-state index is 0.0713. The molecule has 5 nitrogen and oxygen atoms in total. The second-order valence-corrected chi connectivity index (χ2v) is 6.65. The van der Waals surface area contributed by atoms with Crippen molar-refractivity contribution >= 4 is 10.1 Å². The van der Waals surface area contributed by atoms with Crippen LogP contribution in [0, 0.1) is 5.92 Å². The SMILES string of the molecule is COc1ccc(OC)c([C@@H]2CCC[C@H]2CS(=O)(=O)O)c1. The van der Waals surface area contributed by atoms with Crippen LogP contribution in [0.4, 0.5) is 0 Å². The van der Waals surface area contributed by atoms with Crippen molar-refractivity contribution in [1.29, 1.82) is 0 Å². The summed E-state index contributed by atoms with van der Waals surface area (Å²) in [5.41, 5.74) is 0.956. The Bertz CT molecular complexity index is 567. The highest BCUT2D eigenvalue weighted by atomic mass is 32.2. The smallest absolute Gasteiger partial charge is 0.265 e. The average molecular weight is 300 g/mol. The Balaban J connectivity index is 2.33. The van der Waals surface area contributed by atoms with E-state index in [1.165, 1.54) is 0 Å². The Morgan fingerprint density at radius 1 is 1.25 bits per heavy atom. The van der Waals surface area contributed by atoms with Crippen molar-refractivity contribution in [2.45, 2.75) is 25.2 Å². The first kappa shape index (κ1) is 15.1. The monoisotopic (exact) mass is 300 g/mol. The fourth-order valence-corrected chi connectivity index (χ4v) is 3.99. The molecule has 20 heavy (non-hydrogen) atoms. The van der Waals surface area contributed by atoms with Crippen molar-refractivity contribution in [1.82, 2.24) is 0 Å². The van der Waals surface area contributed by atoms with Crippen LogP contribution in [-0.4, -0.2) is 32.9 Å². The Labute approximate surface area is 119 Å². The van der Waals surface area contributed by atoms with Crippen molar-refractivity contribution in [3.05, 3.63) is 23.8 Å². The molecule has 1 N–H and O–H groups in total. The van der Waals surface area contributed by atoms with E-state index in [4.69, 9.17) is 14.0 Å². The third-order valence-electron chi connectivity index (χ3n) is 3.92. The molecule has 1 aliphatic carbocycles. The molecule has 6 heteroatoms. The number of rotatable bonds is 5. The second kappa shape index (κ2) is 6.01. The predicted octanol–water partition coefficient (Wildman–Crippen LogP) is 2.48. The van der Waals surface area contributed by atoms with Gasteiger partial charge in [0, 0.05) is 5.56 Å². The number of hydrogen-bond acceptors (Lipinski definition) is 4. The van der Waals surface area contributed by atoms with Crippen LogP contribution in [0.5, 0.6) is 11.5 Å². The lowest BCUT2D eigenvalue weighted by Crippen LogP contribution is -2.18. The lowest BCUT2D eigenvalue weighted by Gasteiger charge is -2.21. The molecule has 0 aliphatic heterocycles. The van der Waals surface area contributed by atoms with E-state index in [2.05, 4.69) is 0 Å². The summed E-state index contributed by atoms with van der Waals surface area (Å²) in [4.78, 5) is 0. The van der Waals surface area contributed by atoms with E-state index in [9.17, 15) is 8.42 Å². The number of hydrogen-bond donors (Lipinski definition) is 1. The molecule has 2 atom stereocenters. The summed E-state index contributed by atoms with van der Waals surface area (Å²) in [7, 11) is -0.767. The van der Waals surface area contributed by atoms with E-state index >= 15 is 0 Å². The minimum Gasteiger partial charge on any atom is -0.497 e. The van der Waals surface area contributed by atoms with Gasteiger partial charge in [0.05, 0.1) is 20.0 Å². The van der Waals surface area contributed by atoms with E-state index in [0.717, 1.165) is 36.3 Å². The van der Waals surface area contributed by atoms with Gasteiger partial charge in [-0.2, -0.15) is 8.42 Å². The zero-order valence-electron chi connectivity index (χ0n) is 11.7. The molecular weight excluding hydrogens is 280 g/mol. The van der Waals surface area contributed by atoms with Crippen molar-refractivity contribution in [2.75, 3.05) is 20.0 Å². The molecule has 0 radical (unpaired) electrons. The van der Waals surface area contributed by atoms with Crippen LogP contribution >= 0.6 is 0 Å². The lowest BCUT2D eigenvalue weighted by atomic mass is 9.89. The van der Waals surface area contributed by atoms with Gasteiger partial charge < -0.3 is 9.47 Å². The normalized spacial score (nSPS) is 22.8. The summed E-state index contributed by atoms with van der Waals surface area (Å²) in [5.74, 6) is 1.25. The zero-order chi connectivity index (χ0) is 14.8. The first-order chi connectivity index (χ1) is 9.44. The Morgan fingerprint density at radius 3 is 2.60 bits per heavy atom. The van der Waals surface area contributed by atoms with E-state index in [0.29, 0.717) is 0 Å². The van der Waals surface area contributed by atoms with Gasteiger partial charge in [-0.25, -0.2) is 0 Å². The van der Waals surface area contributed by atoms with Crippen LogP contribution in [0.2, 0.25) is 0 Å². The minimum atomic E-state index is -3.96. The Hall–Kier alpha value is -1.27. The van der Waals surface area contributed by atoms with Crippen molar-refractivity contribution < 1.29 is 22.4 Å². The molecule has 1 saturated carbocycles. The number of methoxy groups -OCH3 is 2. The van der Waals surface area contributed by atoms with Crippen LogP contribution in [0.1, 0.15) is 30.7 Å². The van der Waals surface area contributed by atoms with E-state index < -0.39 is 10.1 Å². The highest BCUT2D eigenvalue weighted by Crippen LogP contribution is 2.44. The molecule has 1 aromatic rings. The summed E-state index contributed by atoms with van der Waals surface area (Å²) < 4.78 is 42.0. The maximum absolute atomic E-state index is 11.1. The van der Waals surface area contributed by atoms with Crippen molar-refractivity contribution in [3.8, 4) is 11.5 Å². The summed E-state index contributed by atoms with van der Waals surface area (Å²) in [6.45, 7) is 0. The summed E-state index contributed by atoms with van der Waals surface area (Å²) in [6.07, 6.45) is 2.64. The molecule has 1 fully saturated rings. The third-order valence-corrected chi connectivity index (χ3v) is 4.77. The summed E-state index contributed by atoms with van der Waals surface area (Å²) in [6, 6.07) is 5.54. The van der Waals surface area contributed by atoms with Gasteiger partial charge in [-0.05, 0) is 42.9 Å². The van der Waals surface area contributed by atoms with Crippen molar-refractivity contribution in [2.24, 2.45) is 5.92 Å². The van der Waals surface area contributed by atoms with Crippen LogP contribution in [-0.2, 0) is 10.1 Å². The van der Waals surface area contributed by atoms with Crippen LogP contribution in [0.25, 0.3) is 0 Å². The van der Waals surface area contributed by atoms with Gasteiger partial charge >= 0.3 is 0 Å². The molecule has 0 spiro atoms. The van der Waals surface area contributed by atoms with Crippen LogP contribution in [0.3, 0.4) is 0 Å². The largest absolute Gasteiger partial charge is 0.497 e. The highest BCUT2D eigenvalue weighted by molar-refractivity contribution is 7.85. The lowest BCUT2D eigenvalue weighted by molar-refractivity contribution is 0.387. The molecule has 0 heterocycles. The standard InChI is InChI=1S/C14H20O5S/c1-18-11-6-7-14(19-2)13(8-11)12-5-3-4-10(12)9-20(15,16)17/h6-8,10,12H,3-5,9H2,1-2H3,(H,15,16,17)/t10-,12+/m0/s1. The van der Waals surface area contributed by atoms with Gasteiger partial charge in [0.2, 0.25) is 0 Å². The van der Waals surface area contributed by atoms with Crippen LogP contribution in [0.15, 0.2) is 18.2 Å². The highest BCUT2D eigenvalue weighted by Gasteiger charge is 2.33. The van der Waals surface area contributed by atoms with Gasteiger partial charge in [0.25, 0.3) is 10.1 Å². The van der Waals surface area contributed by atoms with E-state index in [1.54, 1.807) is 14.2 Å². The first-order valence-corrected chi connectivity index (χ1v) is 8.22. The van der Waals surface area contributed by atoms with Crippen LogP contribution < -0.4 is 9.47 Å². The fourth-order valence-electron chi connectivity index (χ4n) is 3.05. The fraction of sp³-hybridized carbons (Fsp3) is 0.571. The average Bonchev–Trinajstić information content (AvgIpc) is 2.83. The van der Waals surface area contributed by atoms with Gasteiger partial charge in [-0.3, -0.25) is 4.55 Å². The molecule has 0 bridgehead atoms. The van der Waals surface area contributed by atoms with Crippen molar-refractivity contribution in [3.63, 3.8) is 0 Å². The van der Waals surface area contributed by atoms with E-state index in [1.807, 2.05) is 18.2 Å². The summed E-state index contributed by atoms with van der Waals surface area (Å²) >= 11 is 0. The topological polar surface area (TPSA) is 72.8 Å². The van der Waals surface area contributed by atoms with Gasteiger partial charge in [0.15, 0.2) is 0 Å². The number of benzene rings is 1. The molecule has 0 saturated heterocycles. The quantitative estimate of drug-likeness (QED) is 0.846. The molecule has 0 amide bonds. The number of ether oxygens (including phenoxy) is 2. The van der Waals surface area contributed by atoms with E-state index in [-0.39, 0.29) is 17.6 Å². The maximum atomic E-state index is 11.1. The van der Waals surface area contributed by atoms with Gasteiger partial charge in [0.1, 0.15) is 11.5 Å². The maximum Gasteiger partial charge on any atom is 0.265 e. The first-order valence-electron chi connectivity index (χ1n) is 6.61. The van der Waals surface area contributed by atoms with Gasteiger partial charge in [-0.1, -0.05) is 6.42 Å². The zero-order valence-corrected chi connectivity index (χ0v) is 12.5. The molecule has 112 valence electrons. The molecule has 1 aliphatic rings. The Morgan fingerprint density at radius 2 is 2.00 bits per heavy atom. The molecular formula is C14H20O5S. The molecule has 1 aromatic carbocycles. The molecule has 2 rings (SSSR count). The molecule has 0 unspecified atom stereocenters.